The Morgan fingerprint density at radius 2 is 2.21 bits per heavy atom. The second kappa shape index (κ2) is 5.14. The molecule has 102 valence electrons. The number of nitrogens with zero attached hydrogens (tertiary/aromatic N) is 3. The summed E-state index contributed by atoms with van der Waals surface area (Å²) in [5.41, 5.74) is 0.376. The zero-order valence-electron chi connectivity index (χ0n) is 9.84. The number of rotatable bonds is 4. The van der Waals surface area contributed by atoms with Gasteiger partial charge in [-0.3, -0.25) is 4.72 Å². The van der Waals surface area contributed by atoms with Crippen LogP contribution in [0.3, 0.4) is 0 Å². The van der Waals surface area contributed by atoms with Gasteiger partial charge in [-0.05, 0) is 17.7 Å². The summed E-state index contributed by atoms with van der Waals surface area (Å²) in [5.74, 6) is -0.822. The van der Waals surface area contributed by atoms with Gasteiger partial charge < -0.3 is 0 Å². The van der Waals surface area contributed by atoms with Gasteiger partial charge in [0.2, 0.25) is 16.0 Å². The average Bonchev–Trinajstić information content (AvgIpc) is 2.68. The Morgan fingerprint density at radius 3 is 2.79 bits per heavy atom. The van der Waals surface area contributed by atoms with Crippen molar-refractivity contribution >= 4 is 27.6 Å². The third-order valence-electron chi connectivity index (χ3n) is 2.30. The summed E-state index contributed by atoms with van der Waals surface area (Å²) in [6.45, 7) is 0. The van der Waals surface area contributed by atoms with Crippen molar-refractivity contribution < 1.29 is 12.8 Å². The van der Waals surface area contributed by atoms with Crippen LogP contribution in [-0.4, -0.2) is 23.2 Å². The van der Waals surface area contributed by atoms with E-state index >= 15 is 0 Å². The number of aromatic nitrogens is 3. The minimum atomic E-state index is -3.66. The largest absolute Gasteiger partial charge is 0.251 e. The number of aryl methyl sites for hydroxylation is 1. The summed E-state index contributed by atoms with van der Waals surface area (Å²) in [6, 6.07) is 3.75. The van der Waals surface area contributed by atoms with Crippen molar-refractivity contribution in [3.63, 3.8) is 0 Å². The summed E-state index contributed by atoms with van der Waals surface area (Å²) in [5, 5.41) is 3.62. The molecule has 2 rings (SSSR count). The number of sulfonamides is 1. The summed E-state index contributed by atoms with van der Waals surface area (Å²) >= 11 is 5.59. The van der Waals surface area contributed by atoms with Gasteiger partial charge in [0.1, 0.15) is 12.1 Å². The lowest BCUT2D eigenvalue weighted by atomic mass is 10.2. The van der Waals surface area contributed by atoms with Crippen molar-refractivity contribution in [2.45, 2.75) is 5.75 Å². The Labute approximate surface area is 114 Å². The molecular formula is C10H10ClFN4O2S. The van der Waals surface area contributed by atoms with Gasteiger partial charge >= 0.3 is 0 Å². The Morgan fingerprint density at radius 1 is 1.47 bits per heavy atom. The zero-order chi connectivity index (χ0) is 14.0. The van der Waals surface area contributed by atoms with Gasteiger partial charge in [0, 0.05) is 7.05 Å². The number of halogens is 2. The lowest BCUT2D eigenvalue weighted by Crippen LogP contribution is -2.18. The van der Waals surface area contributed by atoms with Gasteiger partial charge in [0.15, 0.2) is 0 Å². The molecule has 2 aromatic rings. The van der Waals surface area contributed by atoms with E-state index in [1.54, 1.807) is 7.05 Å². The number of hydrogen-bond acceptors (Lipinski definition) is 4. The summed E-state index contributed by atoms with van der Waals surface area (Å²) in [6.07, 6.45) is 1.23. The first kappa shape index (κ1) is 13.8. The number of anilines is 1. The average molecular weight is 305 g/mol. The van der Waals surface area contributed by atoms with Crippen LogP contribution in [-0.2, 0) is 22.8 Å². The van der Waals surface area contributed by atoms with E-state index in [1.807, 2.05) is 0 Å². The molecule has 0 bridgehead atoms. The molecule has 0 saturated heterocycles. The predicted molar refractivity (Wildman–Crippen MR) is 68.7 cm³/mol. The topological polar surface area (TPSA) is 76.9 Å². The van der Waals surface area contributed by atoms with Crippen LogP contribution in [0.2, 0.25) is 5.02 Å². The molecule has 1 N–H and O–H groups in total. The molecule has 0 aliphatic carbocycles. The predicted octanol–water partition coefficient (Wildman–Crippen LogP) is 1.55. The van der Waals surface area contributed by atoms with Gasteiger partial charge in [-0.2, -0.15) is 10.1 Å². The van der Waals surface area contributed by atoms with Crippen LogP contribution < -0.4 is 4.72 Å². The van der Waals surface area contributed by atoms with E-state index in [0.717, 1.165) is 6.07 Å². The minimum absolute atomic E-state index is 0.105. The molecule has 1 heterocycles. The molecule has 0 atom stereocenters. The molecular weight excluding hydrogens is 295 g/mol. The fraction of sp³-hybridized carbons (Fsp3) is 0.200. The Bertz CT molecular complexity index is 701. The smallest absolute Gasteiger partial charge is 0.239 e. The lowest BCUT2D eigenvalue weighted by molar-refractivity contribution is 0.598. The second-order valence-corrected chi connectivity index (χ2v) is 5.95. The summed E-state index contributed by atoms with van der Waals surface area (Å²) in [7, 11) is -2.11. The monoisotopic (exact) mass is 304 g/mol. The van der Waals surface area contributed by atoms with Gasteiger partial charge in [-0.1, -0.05) is 17.7 Å². The van der Waals surface area contributed by atoms with Crippen LogP contribution in [0.5, 0.6) is 0 Å². The molecule has 1 aromatic carbocycles. The van der Waals surface area contributed by atoms with E-state index in [0.29, 0.717) is 5.56 Å². The quantitative estimate of drug-likeness (QED) is 0.929. The number of nitrogens with one attached hydrogen (secondary N) is 1. The highest BCUT2D eigenvalue weighted by Gasteiger charge is 2.15. The van der Waals surface area contributed by atoms with Crippen LogP contribution in [0.15, 0.2) is 24.5 Å². The van der Waals surface area contributed by atoms with E-state index < -0.39 is 15.8 Å². The molecule has 9 heteroatoms. The SMILES string of the molecule is Cn1ncnc1NS(=O)(=O)Cc1ccc(F)c(Cl)c1. The van der Waals surface area contributed by atoms with Gasteiger partial charge in [-0.25, -0.2) is 17.5 Å². The highest BCUT2D eigenvalue weighted by molar-refractivity contribution is 7.91. The molecule has 0 unspecified atom stereocenters. The third kappa shape index (κ3) is 3.42. The Hall–Kier alpha value is -1.67. The molecule has 0 fully saturated rings. The van der Waals surface area contributed by atoms with Crippen LogP contribution in [0.4, 0.5) is 10.3 Å². The standard InChI is InChI=1S/C10H10ClFN4O2S/c1-16-10(13-6-14-16)15-19(17,18)5-7-2-3-9(12)8(11)4-7/h2-4,6H,5H2,1H3,(H,13,14,15). The summed E-state index contributed by atoms with van der Waals surface area (Å²) < 4.78 is 40.3. The van der Waals surface area contributed by atoms with Crippen molar-refractivity contribution in [1.82, 2.24) is 14.8 Å². The van der Waals surface area contributed by atoms with E-state index in [2.05, 4.69) is 14.8 Å². The molecule has 1 aromatic heterocycles. The second-order valence-electron chi connectivity index (χ2n) is 3.82. The van der Waals surface area contributed by atoms with Crippen molar-refractivity contribution in [3.8, 4) is 0 Å². The van der Waals surface area contributed by atoms with E-state index in [4.69, 9.17) is 11.6 Å². The van der Waals surface area contributed by atoms with Crippen molar-refractivity contribution in [2.75, 3.05) is 4.72 Å². The van der Waals surface area contributed by atoms with Crippen LogP contribution >= 0.6 is 11.6 Å². The molecule has 0 radical (unpaired) electrons. The fourth-order valence-electron chi connectivity index (χ4n) is 1.41. The van der Waals surface area contributed by atoms with E-state index in [-0.39, 0.29) is 16.7 Å². The van der Waals surface area contributed by atoms with Gasteiger partial charge in [0.25, 0.3) is 0 Å². The van der Waals surface area contributed by atoms with Crippen molar-refractivity contribution in [1.29, 1.82) is 0 Å². The molecule has 6 nitrogen and oxygen atoms in total. The van der Waals surface area contributed by atoms with Crippen molar-refractivity contribution in [2.24, 2.45) is 7.05 Å². The normalized spacial score (nSPS) is 11.5. The first-order valence-electron chi connectivity index (χ1n) is 5.16. The minimum Gasteiger partial charge on any atom is -0.251 e. The third-order valence-corrected chi connectivity index (χ3v) is 3.80. The molecule has 0 aliphatic rings. The van der Waals surface area contributed by atoms with Gasteiger partial charge in [0.05, 0.1) is 10.8 Å². The first-order valence-corrected chi connectivity index (χ1v) is 7.19. The maximum Gasteiger partial charge on any atom is 0.239 e. The molecule has 19 heavy (non-hydrogen) atoms. The highest BCUT2D eigenvalue weighted by Crippen LogP contribution is 2.18. The van der Waals surface area contributed by atoms with Crippen LogP contribution in [0.25, 0.3) is 0 Å². The fourth-order valence-corrected chi connectivity index (χ4v) is 2.77. The number of hydrogen-bond donors (Lipinski definition) is 1. The highest BCUT2D eigenvalue weighted by atomic mass is 35.5. The maximum absolute atomic E-state index is 13.0. The molecule has 0 amide bonds. The lowest BCUT2D eigenvalue weighted by Gasteiger charge is -2.07. The summed E-state index contributed by atoms with van der Waals surface area (Å²) in [4.78, 5) is 3.75. The Balaban J connectivity index is 2.17. The zero-order valence-corrected chi connectivity index (χ0v) is 11.4. The van der Waals surface area contributed by atoms with Crippen molar-refractivity contribution in [3.05, 3.63) is 40.9 Å². The van der Waals surface area contributed by atoms with Gasteiger partial charge in [-0.15, -0.1) is 0 Å². The number of benzene rings is 1. The van der Waals surface area contributed by atoms with E-state index in [1.165, 1.54) is 23.1 Å². The van der Waals surface area contributed by atoms with E-state index in [9.17, 15) is 12.8 Å². The van der Waals surface area contributed by atoms with Crippen LogP contribution in [0.1, 0.15) is 5.56 Å². The first-order chi connectivity index (χ1) is 8.87. The molecule has 0 aliphatic heterocycles. The molecule has 0 spiro atoms. The molecule has 0 saturated carbocycles. The maximum atomic E-state index is 13.0. The van der Waals surface area contributed by atoms with Crippen LogP contribution in [0, 0.1) is 5.82 Å². The Kier molecular flexibility index (Phi) is 3.72.